The van der Waals surface area contributed by atoms with Gasteiger partial charge in [-0.2, -0.15) is 0 Å². The summed E-state index contributed by atoms with van der Waals surface area (Å²) in [5.41, 5.74) is 7.13. The van der Waals surface area contributed by atoms with E-state index in [2.05, 4.69) is 12.1 Å². The molecule has 0 saturated heterocycles. The SMILES string of the molecule is CCOC(=O)/C=C/[C@@H](N)CCc1ccccc1.Cl. The number of esters is 1. The average Bonchev–Trinajstić information content (AvgIpc) is 2.35. The van der Waals surface area contributed by atoms with Gasteiger partial charge < -0.3 is 10.5 Å². The van der Waals surface area contributed by atoms with E-state index >= 15 is 0 Å². The van der Waals surface area contributed by atoms with Crippen molar-refractivity contribution in [3.8, 4) is 0 Å². The third kappa shape index (κ3) is 7.09. The first-order valence-corrected chi connectivity index (χ1v) is 5.87. The monoisotopic (exact) mass is 269 g/mol. The van der Waals surface area contributed by atoms with Gasteiger partial charge in [-0.1, -0.05) is 36.4 Å². The predicted molar refractivity (Wildman–Crippen MR) is 75.8 cm³/mol. The Morgan fingerprint density at radius 1 is 1.39 bits per heavy atom. The van der Waals surface area contributed by atoms with Crippen molar-refractivity contribution < 1.29 is 9.53 Å². The number of ether oxygens (including phenoxy) is 1. The summed E-state index contributed by atoms with van der Waals surface area (Å²) in [5.74, 6) is -0.331. The van der Waals surface area contributed by atoms with Gasteiger partial charge in [0, 0.05) is 12.1 Å². The van der Waals surface area contributed by atoms with Gasteiger partial charge in [-0.25, -0.2) is 4.79 Å². The highest BCUT2D eigenvalue weighted by atomic mass is 35.5. The van der Waals surface area contributed by atoms with Crippen molar-refractivity contribution in [3.05, 3.63) is 48.0 Å². The van der Waals surface area contributed by atoms with Gasteiger partial charge in [0.1, 0.15) is 0 Å². The van der Waals surface area contributed by atoms with Crippen molar-refractivity contribution in [2.75, 3.05) is 6.61 Å². The molecule has 3 nitrogen and oxygen atoms in total. The quantitative estimate of drug-likeness (QED) is 0.638. The first-order chi connectivity index (χ1) is 8.22. The van der Waals surface area contributed by atoms with Gasteiger partial charge in [-0.05, 0) is 25.3 Å². The predicted octanol–water partition coefficient (Wildman–Crippen LogP) is 2.49. The molecule has 2 N–H and O–H groups in total. The fraction of sp³-hybridized carbons (Fsp3) is 0.357. The standard InChI is InChI=1S/C14H19NO2.ClH/c1-2-17-14(16)11-10-13(15)9-8-12-6-4-3-5-7-12;/h3-7,10-11,13H,2,8-9,15H2,1H3;1H/b11-10+;/t13-;/m0./s1. The molecule has 0 fully saturated rings. The van der Waals surface area contributed by atoms with Crippen LogP contribution in [0.5, 0.6) is 0 Å². The maximum Gasteiger partial charge on any atom is 0.330 e. The molecule has 0 aliphatic carbocycles. The van der Waals surface area contributed by atoms with Crippen LogP contribution in [-0.2, 0) is 16.0 Å². The minimum absolute atomic E-state index is 0. The van der Waals surface area contributed by atoms with E-state index in [1.807, 2.05) is 18.2 Å². The van der Waals surface area contributed by atoms with Gasteiger partial charge in [0.05, 0.1) is 6.61 Å². The maximum absolute atomic E-state index is 11.1. The summed E-state index contributed by atoms with van der Waals surface area (Å²) in [7, 11) is 0. The molecule has 1 atom stereocenters. The molecular formula is C14H20ClNO2. The maximum atomic E-state index is 11.1. The van der Waals surface area contributed by atoms with E-state index in [-0.39, 0.29) is 24.4 Å². The molecule has 0 amide bonds. The van der Waals surface area contributed by atoms with Crippen molar-refractivity contribution >= 4 is 18.4 Å². The zero-order chi connectivity index (χ0) is 12.5. The molecule has 0 bridgehead atoms. The van der Waals surface area contributed by atoms with Crippen LogP contribution >= 0.6 is 12.4 Å². The molecule has 1 rings (SSSR count). The summed E-state index contributed by atoms with van der Waals surface area (Å²) in [4.78, 5) is 11.1. The molecule has 18 heavy (non-hydrogen) atoms. The third-order valence-corrected chi connectivity index (χ3v) is 2.38. The Labute approximate surface area is 114 Å². The zero-order valence-corrected chi connectivity index (χ0v) is 11.4. The van der Waals surface area contributed by atoms with E-state index in [0.29, 0.717) is 6.61 Å². The molecule has 0 unspecified atom stereocenters. The van der Waals surface area contributed by atoms with Gasteiger partial charge in [-0.3, -0.25) is 0 Å². The lowest BCUT2D eigenvalue weighted by molar-refractivity contribution is -0.137. The van der Waals surface area contributed by atoms with Crippen LogP contribution in [0, 0.1) is 0 Å². The van der Waals surface area contributed by atoms with E-state index in [1.54, 1.807) is 13.0 Å². The number of carbonyl (C=O) groups is 1. The van der Waals surface area contributed by atoms with Crippen LogP contribution < -0.4 is 5.73 Å². The Balaban J connectivity index is 0.00000289. The highest BCUT2D eigenvalue weighted by Crippen LogP contribution is 2.04. The fourth-order valence-electron chi connectivity index (χ4n) is 1.47. The van der Waals surface area contributed by atoms with Crippen LogP contribution in [-0.4, -0.2) is 18.6 Å². The molecule has 1 aromatic carbocycles. The van der Waals surface area contributed by atoms with E-state index < -0.39 is 0 Å². The molecular weight excluding hydrogens is 250 g/mol. The summed E-state index contributed by atoms with van der Waals surface area (Å²) in [5, 5.41) is 0. The number of hydrogen-bond donors (Lipinski definition) is 1. The van der Waals surface area contributed by atoms with E-state index in [0.717, 1.165) is 12.8 Å². The van der Waals surface area contributed by atoms with Crippen LogP contribution in [0.3, 0.4) is 0 Å². The smallest absolute Gasteiger partial charge is 0.330 e. The minimum atomic E-state index is -0.331. The van der Waals surface area contributed by atoms with Crippen LogP contribution in [0.25, 0.3) is 0 Å². The number of nitrogens with two attached hydrogens (primary N) is 1. The van der Waals surface area contributed by atoms with E-state index in [9.17, 15) is 4.79 Å². The van der Waals surface area contributed by atoms with Gasteiger partial charge in [-0.15, -0.1) is 12.4 Å². The Morgan fingerprint density at radius 2 is 2.06 bits per heavy atom. The van der Waals surface area contributed by atoms with Crippen LogP contribution in [0.15, 0.2) is 42.5 Å². The molecule has 0 aromatic heterocycles. The molecule has 1 aromatic rings. The van der Waals surface area contributed by atoms with Crippen molar-refractivity contribution in [2.45, 2.75) is 25.8 Å². The molecule has 0 radical (unpaired) electrons. The van der Waals surface area contributed by atoms with Crippen molar-refractivity contribution in [1.82, 2.24) is 0 Å². The van der Waals surface area contributed by atoms with Crippen molar-refractivity contribution in [2.24, 2.45) is 5.73 Å². The van der Waals surface area contributed by atoms with Crippen LogP contribution in [0.1, 0.15) is 18.9 Å². The zero-order valence-electron chi connectivity index (χ0n) is 10.5. The fourth-order valence-corrected chi connectivity index (χ4v) is 1.47. The van der Waals surface area contributed by atoms with Crippen molar-refractivity contribution in [3.63, 3.8) is 0 Å². The third-order valence-electron chi connectivity index (χ3n) is 2.38. The molecule has 0 saturated carbocycles. The summed E-state index contributed by atoms with van der Waals surface area (Å²) in [6.07, 6.45) is 4.83. The molecule has 0 aliphatic rings. The number of rotatable bonds is 6. The molecule has 100 valence electrons. The normalized spacial score (nSPS) is 11.9. The molecule has 0 spiro atoms. The highest BCUT2D eigenvalue weighted by molar-refractivity contribution is 5.85. The Kier molecular flexibility index (Phi) is 8.97. The Bertz CT molecular complexity index is 365. The second-order valence-electron chi connectivity index (χ2n) is 3.80. The topological polar surface area (TPSA) is 52.3 Å². The van der Waals surface area contributed by atoms with Gasteiger partial charge in [0.15, 0.2) is 0 Å². The van der Waals surface area contributed by atoms with Crippen LogP contribution in [0.2, 0.25) is 0 Å². The summed E-state index contributed by atoms with van der Waals surface area (Å²) in [6, 6.07) is 10.0. The molecule has 0 heterocycles. The second-order valence-corrected chi connectivity index (χ2v) is 3.80. The average molecular weight is 270 g/mol. The number of halogens is 1. The number of carbonyl (C=O) groups excluding carboxylic acids is 1. The lowest BCUT2D eigenvalue weighted by Crippen LogP contribution is -2.18. The van der Waals surface area contributed by atoms with Gasteiger partial charge >= 0.3 is 5.97 Å². The lowest BCUT2D eigenvalue weighted by Gasteiger charge is -2.06. The number of aryl methyl sites for hydroxylation is 1. The minimum Gasteiger partial charge on any atom is -0.463 e. The summed E-state index contributed by atoms with van der Waals surface area (Å²) >= 11 is 0. The Hall–Kier alpha value is -1.32. The first kappa shape index (κ1) is 16.7. The first-order valence-electron chi connectivity index (χ1n) is 5.87. The summed E-state index contributed by atoms with van der Waals surface area (Å²) in [6.45, 7) is 2.17. The Morgan fingerprint density at radius 3 is 2.67 bits per heavy atom. The lowest BCUT2D eigenvalue weighted by atomic mass is 10.1. The van der Waals surface area contributed by atoms with Gasteiger partial charge in [0.25, 0.3) is 0 Å². The van der Waals surface area contributed by atoms with Gasteiger partial charge in [0.2, 0.25) is 0 Å². The van der Waals surface area contributed by atoms with Crippen molar-refractivity contribution in [1.29, 1.82) is 0 Å². The van der Waals surface area contributed by atoms with E-state index in [4.69, 9.17) is 10.5 Å². The van der Waals surface area contributed by atoms with E-state index in [1.165, 1.54) is 11.6 Å². The highest BCUT2D eigenvalue weighted by Gasteiger charge is 2.00. The largest absolute Gasteiger partial charge is 0.463 e. The number of benzene rings is 1. The number of hydrogen-bond acceptors (Lipinski definition) is 3. The second kappa shape index (κ2) is 9.68. The summed E-state index contributed by atoms with van der Waals surface area (Å²) < 4.78 is 4.77. The molecule has 4 heteroatoms. The molecule has 0 aliphatic heterocycles. The van der Waals surface area contributed by atoms with Crippen LogP contribution in [0.4, 0.5) is 0 Å².